The molecule has 1 amide bonds. The highest BCUT2D eigenvalue weighted by Crippen LogP contribution is 2.13. The summed E-state index contributed by atoms with van der Waals surface area (Å²) in [5.74, 6) is -0.832. The lowest BCUT2D eigenvalue weighted by Gasteiger charge is -2.21. The summed E-state index contributed by atoms with van der Waals surface area (Å²) in [4.78, 5) is 28.5. The summed E-state index contributed by atoms with van der Waals surface area (Å²) in [5.41, 5.74) is 1.03. The van der Waals surface area contributed by atoms with Crippen LogP contribution in [0.25, 0.3) is 10.9 Å². The number of pyridine rings is 1. The maximum absolute atomic E-state index is 12.4. The second-order valence-electron chi connectivity index (χ2n) is 5.25. The molecule has 0 fully saturated rings. The summed E-state index contributed by atoms with van der Waals surface area (Å²) in [7, 11) is 1.32. The predicted octanol–water partition coefficient (Wildman–Crippen LogP) is 2.55. The van der Waals surface area contributed by atoms with Gasteiger partial charge in [0.1, 0.15) is 11.7 Å². The van der Waals surface area contributed by atoms with Crippen molar-refractivity contribution < 1.29 is 14.3 Å². The van der Waals surface area contributed by atoms with Gasteiger partial charge in [-0.3, -0.25) is 4.79 Å². The number of fused-ring (bicyclic) bond motifs is 1. The largest absolute Gasteiger partial charge is 0.467 e. The molecule has 0 radical (unpaired) electrons. The quantitative estimate of drug-likeness (QED) is 0.862. The highest BCUT2D eigenvalue weighted by Gasteiger charge is 2.27. The van der Waals surface area contributed by atoms with Crippen molar-refractivity contribution in [2.24, 2.45) is 5.92 Å². The molecule has 2 atom stereocenters. The Morgan fingerprint density at radius 3 is 2.64 bits per heavy atom. The molecule has 1 N–H and O–H groups in total. The number of nitrogens with one attached hydrogen (secondary N) is 1. The van der Waals surface area contributed by atoms with Crippen molar-refractivity contribution in [2.45, 2.75) is 26.3 Å². The number of rotatable bonds is 5. The number of ether oxygens (including phenoxy) is 1. The lowest BCUT2D eigenvalue weighted by Crippen LogP contribution is -2.45. The van der Waals surface area contributed by atoms with Gasteiger partial charge in [-0.25, -0.2) is 9.78 Å². The van der Waals surface area contributed by atoms with Gasteiger partial charge in [0.2, 0.25) is 0 Å². The molecule has 1 aromatic heterocycles. The Labute approximate surface area is 129 Å². The van der Waals surface area contributed by atoms with E-state index in [1.807, 2.05) is 44.2 Å². The normalized spacial score (nSPS) is 13.4. The van der Waals surface area contributed by atoms with Gasteiger partial charge < -0.3 is 10.1 Å². The van der Waals surface area contributed by atoms with E-state index in [0.29, 0.717) is 0 Å². The third-order valence-corrected chi connectivity index (χ3v) is 3.79. The summed E-state index contributed by atoms with van der Waals surface area (Å²) >= 11 is 0. The number of nitrogens with zero attached hydrogens (tertiary/aromatic N) is 1. The minimum absolute atomic E-state index is 0.0168. The lowest BCUT2D eigenvalue weighted by atomic mass is 9.99. The zero-order valence-electron chi connectivity index (χ0n) is 13.0. The topological polar surface area (TPSA) is 68.3 Å². The first kappa shape index (κ1) is 15.9. The number of methoxy groups -OCH3 is 1. The molecule has 2 aromatic rings. The molecular weight excluding hydrogens is 280 g/mol. The van der Waals surface area contributed by atoms with Crippen LogP contribution in [0.3, 0.4) is 0 Å². The highest BCUT2D eigenvalue weighted by atomic mass is 16.5. The van der Waals surface area contributed by atoms with E-state index < -0.39 is 12.0 Å². The van der Waals surface area contributed by atoms with Gasteiger partial charge >= 0.3 is 5.97 Å². The van der Waals surface area contributed by atoms with E-state index in [2.05, 4.69) is 10.3 Å². The Kier molecular flexibility index (Phi) is 5.09. The fraction of sp³-hybridized carbons (Fsp3) is 0.353. The third kappa shape index (κ3) is 3.42. The highest BCUT2D eigenvalue weighted by molar-refractivity contribution is 5.97. The number of para-hydroxylation sites is 1. The Balaban J connectivity index is 2.22. The molecule has 22 heavy (non-hydrogen) atoms. The molecule has 0 spiro atoms. The standard InChI is InChI=1S/C17H20N2O3/c1-4-11(2)15(17(21)22-3)19-16(20)14-10-9-12-7-5-6-8-13(12)18-14/h5-11,15H,4H2,1-3H3,(H,19,20)/t11-,15-/m1/s1. The van der Waals surface area contributed by atoms with Crippen LogP contribution in [0.2, 0.25) is 0 Å². The second kappa shape index (κ2) is 7.02. The molecule has 5 nitrogen and oxygen atoms in total. The summed E-state index contributed by atoms with van der Waals surface area (Å²) in [5, 5.41) is 3.69. The minimum atomic E-state index is -0.671. The zero-order valence-corrected chi connectivity index (χ0v) is 13.0. The van der Waals surface area contributed by atoms with Crippen molar-refractivity contribution in [2.75, 3.05) is 7.11 Å². The van der Waals surface area contributed by atoms with Gasteiger partial charge in [0.25, 0.3) is 5.91 Å². The van der Waals surface area contributed by atoms with Crippen molar-refractivity contribution in [1.82, 2.24) is 10.3 Å². The van der Waals surface area contributed by atoms with Crippen LogP contribution in [0.1, 0.15) is 30.8 Å². The molecule has 0 saturated heterocycles. The minimum Gasteiger partial charge on any atom is -0.467 e. The summed E-state index contributed by atoms with van der Waals surface area (Å²) in [6.45, 7) is 3.86. The molecule has 0 aliphatic carbocycles. The molecule has 0 aliphatic rings. The van der Waals surface area contributed by atoms with Crippen molar-refractivity contribution >= 4 is 22.8 Å². The van der Waals surface area contributed by atoms with Gasteiger partial charge in [0.05, 0.1) is 12.6 Å². The molecule has 0 aliphatic heterocycles. The molecule has 0 unspecified atom stereocenters. The van der Waals surface area contributed by atoms with E-state index in [4.69, 9.17) is 4.74 Å². The SMILES string of the molecule is CC[C@@H](C)[C@@H](NC(=O)c1ccc2ccccc2n1)C(=O)OC. The van der Waals surface area contributed by atoms with Crippen LogP contribution in [0, 0.1) is 5.92 Å². The van der Waals surface area contributed by atoms with Crippen LogP contribution < -0.4 is 5.32 Å². The van der Waals surface area contributed by atoms with E-state index in [1.54, 1.807) is 6.07 Å². The van der Waals surface area contributed by atoms with Crippen LogP contribution in [-0.4, -0.2) is 30.0 Å². The van der Waals surface area contributed by atoms with Crippen molar-refractivity contribution in [1.29, 1.82) is 0 Å². The molecule has 5 heteroatoms. The first-order valence-electron chi connectivity index (χ1n) is 7.31. The first-order valence-corrected chi connectivity index (χ1v) is 7.31. The van der Waals surface area contributed by atoms with Crippen LogP contribution in [0.5, 0.6) is 0 Å². The average Bonchev–Trinajstić information content (AvgIpc) is 2.57. The van der Waals surface area contributed by atoms with Gasteiger partial charge in [-0.15, -0.1) is 0 Å². The van der Waals surface area contributed by atoms with Crippen molar-refractivity contribution in [3.8, 4) is 0 Å². The van der Waals surface area contributed by atoms with E-state index in [1.165, 1.54) is 7.11 Å². The molecule has 1 heterocycles. The van der Waals surface area contributed by atoms with Gasteiger partial charge in [-0.1, -0.05) is 44.5 Å². The van der Waals surface area contributed by atoms with Crippen LogP contribution in [0.4, 0.5) is 0 Å². The Morgan fingerprint density at radius 1 is 1.23 bits per heavy atom. The fourth-order valence-electron chi connectivity index (χ4n) is 2.20. The molecule has 2 rings (SSSR count). The number of carbonyl (C=O) groups excluding carboxylic acids is 2. The Morgan fingerprint density at radius 2 is 1.95 bits per heavy atom. The number of carbonyl (C=O) groups is 2. The third-order valence-electron chi connectivity index (χ3n) is 3.79. The number of hydrogen-bond acceptors (Lipinski definition) is 4. The zero-order chi connectivity index (χ0) is 16.1. The summed E-state index contributed by atoms with van der Waals surface area (Å²) in [6.07, 6.45) is 0.755. The van der Waals surface area contributed by atoms with E-state index in [0.717, 1.165) is 17.3 Å². The van der Waals surface area contributed by atoms with Crippen molar-refractivity contribution in [3.63, 3.8) is 0 Å². The Bertz CT molecular complexity index is 684. The van der Waals surface area contributed by atoms with Crippen molar-refractivity contribution in [3.05, 3.63) is 42.1 Å². The fourth-order valence-corrected chi connectivity index (χ4v) is 2.20. The smallest absolute Gasteiger partial charge is 0.328 e. The second-order valence-corrected chi connectivity index (χ2v) is 5.25. The summed E-state index contributed by atoms with van der Waals surface area (Å²) < 4.78 is 4.77. The van der Waals surface area contributed by atoms with Crippen LogP contribution >= 0.6 is 0 Å². The van der Waals surface area contributed by atoms with Gasteiger partial charge in [-0.05, 0) is 18.1 Å². The van der Waals surface area contributed by atoms with E-state index in [-0.39, 0.29) is 17.5 Å². The van der Waals surface area contributed by atoms with Gasteiger partial charge in [-0.2, -0.15) is 0 Å². The van der Waals surface area contributed by atoms with Gasteiger partial charge in [0.15, 0.2) is 0 Å². The number of esters is 1. The maximum atomic E-state index is 12.4. The molecule has 116 valence electrons. The molecular formula is C17H20N2O3. The maximum Gasteiger partial charge on any atom is 0.328 e. The van der Waals surface area contributed by atoms with E-state index in [9.17, 15) is 9.59 Å². The molecule has 1 aromatic carbocycles. The monoisotopic (exact) mass is 300 g/mol. The number of aromatic nitrogens is 1. The van der Waals surface area contributed by atoms with E-state index >= 15 is 0 Å². The number of benzene rings is 1. The van der Waals surface area contributed by atoms with Gasteiger partial charge in [0, 0.05) is 5.39 Å². The Hall–Kier alpha value is -2.43. The number of amides is 1. The predicted molar refractivity (Wildman–Crippen MR) is 84.5 cm³/mol. The van der Waals surface area contributed by atoms with Crippen LogP contribution in [0.15, 0.2) is 36.4 Å². The average molecular weight is 300 g/mol. The first-order chi connectivity index (χ1) is 10.6. The molecule has 0 bridgehead atoms. The summed E-state index contributed by atoms with van der Waals surface area (Å²) in [6, 6.07) is 10.4. The molecule has 0 saturated carbocycles. The number of hydrogen-bond donors (Lipinski definition) is 1. The lowest BCUT2D eigenvalue weighted by molar-refractivity contribution is -0.144. The van der Waals surface area contributed by atoms with Crippen LogP contribution in [-0.2, 0) is 9.53 Å².